The van der Waals surface area contributed by atoms with Crippen LogP contribution in [-0.4, -0.2) is 11.5 Å². The van der Waals surface area contributed by atoms with E-state index in [2.05, 4.69) is 50.8 Å². The second kappa shape index (κ2) is 5.77. The van der Waals surface area contributed by atoms with Gasteiger partial charge in [0.15, 0.2) is 5.78 Å². The number of thioether (sulfide) groups is 1. The van der Waals surface area contributed by atoms with Crippen LogP contribution in [0.2, 0.25) is 0 Å². The summed E-state index contributed by atoms with van der Waals surface area (Å²) in [4.78, 5) is 14.4. The van der Waals surface area contributed by atoms with Crippen LogP contribution in [0.15, 0.2) is 60.0 Å². The summed E-state index contributed by atoms with van der Waals surface area (Å²) in [6.45, 7) is 8.02. The number of hydrogen-bond donors (Lipinski definition) is 0. The summed E-state index contributed by atoms with van der Waals surface area (Å²) < 4.78 is 0. The molecule has 0 bridgehead atoms. The monoisotopic (exact) mass is 308 g/mol. The Hall–Kier alpha value is -1.80. The maximum atomic E-state index is 13.3. The summed E-state index contributed by atoms with van der Waals surface area (Å²) in [7, 11) is 0. The maximum absolute atomic E-state index is 13.3. The Bertz CT molecular complexity index is 730. The number of ketones is 1. The van der Waals surface area contributed by atoms with Gasteiger partial charge in [-0.2, -0.15) is 0 Å². The van der Waals surface area contributed by atoms with Gasteiger partial charge in [-0.05, 0) is 43.5 Å². The van der Waals surface area contributed by atoms with Crippen molar-refractivity contribution < 1.29 is 4.79 Å². The van der Waals surface area contributed by atoms with E-state index < -0.39 is 5.41 Å². The van der Waals surface area contributed by atoms with Gasteiger partial charge in [0.2, 0.25) is 0 Å². The smallest absolute Gasteiger partial charge is 0.175 e. The molecule has 1 aliphatic heterocycles. The summed E-state index contributed by atoms with van der Waals surface area (Å²) in [6, 6.07) is 14.5. The van der Waals surface area contributed by atoms with Crippen LogP contribution in [0.5, 0.6) is 0 Å². The highest BCUT2D eigenvalue weighted by Gasteiger charge is 2.43. The topological polar surface area (TPSA) is 17.1 Å². The molecule has 0 aliphatic carbocycles. The van der Waals surface area contributed by atoms with Gasteiger partial charge in [-0.15, -0.1) is 18.3 Å². The Kier molecular flexibility index (Phi) is 3.96. The van der Waals surface area contributed by atoms with E-state index in [-0.39, 0.29) is 5.78 Å². The SMILES string of the molecule is C=CCC1(c2ccc(C)cc2)CSc2cc(C)ccc2C1=O. The van der Waals surface area contributed by atoms with Crippen molar-refractivity contribution in [3.63, 3.8) is 0 Å². The van der Waals surface area contributed by atoms with E-state index in [1.807, 2.05) is 18.2 Å². The minimum atomic E-state index is -0.484. The van der Waals surface area contributed by atoms with Gasteiger partial charge in [0.25, 0.3) is 0 Å². The van der Waals surface area contributed by atoms with Crippen LogP contribution < -0.4 is 0 Å². The van der Waals surface area contributed by atoms with E-state index >= 15 is 0 Å². The average Bonchev–Trinajstić information content (AvgIpc) is 2.51. The van der Waals surface area contributed by atoms with Gasteiger partial charge in [-0.3, -0.25) is 4.79 Å². The van der Waals surface area contributed by atoms with Crippen molar-refractivity contribution in [3.05, 3.63) is 77.4 Å². The Morgan fingerprint density at radius 3 is 2.50 bits per heavy atom. The first-order valence-corrected chi connectivity index (χ1v) is 8.52. The lowest BCUT2D eigenvalue weighted by atomic mass is 9.73. The van der Waals surface area contributed by atoms with Crippen LogP contribution in [-0.2, 0) is 5.41 Å². The van der Waals surface area contributed by atoms with Crippen molar-refractivity contribution in [2.24, 2.45) is 0 Å². The Morgan fingerprint density at radius 1 is 1.14 bits per heavy atom. The molecular weight excluding hydrogens is 288 g/mol. The molecule has 1 aliphatic rings. The third-order valence-corrected chi connectivity index (χ3v) is 5.67. The third-order valence-electron chi connectivity index (χ3n) is 4.39. The van der Waals surface area contributed by atoms with E-state index in [1.165, 1.54) is 11.1 Å². The number of carbonyl (C=O) groups is 1. The molecule has 0 saturated carbocycles. The third kappa shape index (κ3) is 2.42. The van der Waals surface area contributed by atoms with Gasteiger partial charge in [0.05, 0.1) is 5.41 Å². The second-order valence-electron chi connectivity index (χ2n) is 6.06. The van der Waals surface area contributed by atoms with E-state index in [1.54, 1.807) is 11.8 Å². The first-order valence-electron chi connectivity index (χ1n) is 7.53. The Labute approximate surface area is 136 Å². The highest BCUT2D eigenvalue weighted by Crippen LogP contribution is 2.44. The largest absolute Gasteiger partial charge is 0.293 e. The maximum Gasteiger partial charge on any atom is 0.175 e. The molecule has 1 unspecified atom stereocenters. The van der Waals surface area contributed by atoms with Crippen molar-refractivity contribution in [1.82, 2.24) is 0 Å². The standard InChI is InChI=1S/C20H20OS/c1-4-11-20(16-8-5-14(2)6-9-16)13-22-18-12-15(3)7-10-17(18)19(20)21/h4-10,12H,1,11,13H2,2-3H3. The van der Waals surface area contributed by atoms with E-state index in [0.29, 0.717) is 6.42 Å². The number of benzene rings is 2. The van der Waals surface area contributed by atoms with Crippen LogP contribution in [0.25, 0.3) is 0 Å². The van der Waals surface area contributed by atoms with E-state index in [0.717, 1.165) is 21.8 Å². The molecular formula is C20H20OS. The van der Waals surface area contributed by atoms with Crippen LogP contribution in [0.3, 0.4) is 0 Å². The van der Waals surface area contributed by atoms with Gasteiger partial charge in [-0.25, -0.2) is 0 Å². The van der Waals surface area contributed by atoms with Gasteiger partial charge < -0.3 is 0 Å². The quantitative estimate of drug-likeness (QED) is 0.733. The van der Waals surface area contributed by atoms with Gasteiger partial charge in [0.1, 0.15) is 0 Å². The fourth-order valence-electron chi connectivity index (χ4n) is 3.06. The van der Waals surface area contributed by atoms with E-state index in [9.17, 15) is 4.79 Å². The van der Waals surface area contributed by atoms with Crippen molar-refractivity contribution >= 4 is 17.5 Å². The predicted molar refractivity (Wildman–Crippen MR) is 93.9 cm³/mol. The van der Waals surface area contributed by atoms with Gasteiger partial charge in [-0.1, -0.05) is 42.0 Å². The lowest BCUT2D eigenvalue weighted by Gasteiger charge is -2.36. The summed E-state index contributed by atoms with van der Waals surface area (Å²) in [6.07, 6.45) is 2.55. The molecule has 0 radical (unpaired) electrons. The number of fused-ring (bicyclic) bond motifs is 1. The lowest BCUT2D eigenvalue weighted by molar-refractivity contribution is 0.0894. The summed E-state index contributed by atoms with van der Waals surface area (Å²) in [5.41, 5.74) is 3.88. The zero-order valence-corrected chi connectivity index (χ0v) is 13.9. The molecule has 112 valence electrons. The summed E-state index contributed by atoms with van der Waals surface area (Å²) >= 11 is 1.78. The lowest BCUT2D eigenvalue weighted by Crippen LogP contribution is -2.41. The van der Waals surface area contributed by atoms with Gasteiger partial charge in [0, 0.05) is 16.2 Å². The van der Waals surface area contributed by atoms with Crippen molar-refractivity contribution in [1.29, 1.82) is 0 Å². The minimum absolute atomic E-state index is 0.227. The first kappa shape index (κ1) is 15.1. The molecule has 1 heterocycles. The summed E-state index contributed by atoms with van der Waals surface area (Å²) in [5.74, 6) is 1.00. The van der Waals surface area contributed by atoms with Crippen LogP contribution >= 0.6 is 11.8 Å². The minimum Gasteiger partial charge on any atom is -0.293 e. The molecule has 0 amide bonds. The number of Topliss-reactive ketones (excluding diaryl/α,β-unsaturated/α-hetero) is 1. The zero-order valence-electron chi connectivity index (χ0n) is 13.1. The van der Waals surface area contributed by atoms with E-state index in [4.69, 9.17) is 0 Å². The zero-order chi connectivity index (χ0) is 15.7. The first-order chi connectivity index (χ1) is 10.6. The molecule has 2 aromatic carbocycles. The molecule has 0 N–H and O–H groups in total. The van der Waals surface area contributed by atoms with Gasteiger partial charge >= 0.3 is 0 Å². The molecule has 3 rings (SSSR count). The average molecular weight is 308 g/mol. The molecule has 2 aromatic rings. The Balaban J connectivity index is 2.12. The second-order valence-corrected chi connectivity index (χ2v) is 7.08. The fraction of sp³-hybridized carbons (Fsp3) is 0.250. The number of rotatable bonds is 3. The van der Waals surface area contributed by atoms with Crippen LogP contribution in [0.1, 0.15) is 33.5 Å². The molecule has 2 heteroatoms. The molecule has 1 nitrogen and oxygen atoms in total. The normalized spacial score (nSPS) is 20.5. The molecule has 0 saturated heterocycles. The number of aryl methyl sites for hydroxylation is 2. The highest BCUT2D eigenvalue weighted by atomic mass is 32.2. The van der Waals surface area contributed by atoms with Crippen molar-refractivity contribution in [2.75, 3.05) is 5.75 Å². The number of allylic oxidation sites excluding steroid dienone is 1. The molecule has 0 fully saturated rings. The number of carbonyl (C=O) groups excluding carboxylic acids is 1. The molecule has 0 aromatic heterocycles. The Morgan fingerprint density at radius 2 is 1.82 bits per heavy atom. The van der Waals surface area contributed by atoms with Crippen molar-refractivity contribution in [2.45, 2.75) is 30.6 Å². The highest BCUT2D eigenvalue weighted by molar-refractivity contribution is 7.99. The van der Waals surface area contributed by atoms with Crippen LogP contribution in [0.4, 0.5) is 0 Å². The number of hydrogen-bond acceptors (Lipinski definition) is 2. The molecule has 0 spiro atoms. The molecule has 1 atom stereocenters. The molecule has 22 heavy (non-hydrogen) atoms. The van der Waals surface area contributed by atoms with Crippen LogP contribution in [0, 0.1) is 13.8 Å². The van der Waals surface area contributed by atoms with Crippen molar-refractivity contribution in [3.8, 4) is 0 Å². The summed E-state index contributed by atoms with van der Waals surface area (Å²) in [5, 5.41) is 0. The fourth-order valence-corrected chi connectivity index (χ4v) is 4.47. The predicted octanol–water partition coefficient (Wildman–Crippen LogP) is 5.11.